The highest BCUT2D eigenvalue weighted by Crippen LogP contribution is 2.30. The van der Waals surface area contributed by atoms with Crippen LogP contribution in [0.2, 0.25) is 0 Å². The van der Waals surface area contributed by atoms with Crippen LogP contribution in [0.3, 0.4) is 0 Å². The van der Waals surface area contributed by atoms with E-state index in [9.17, 15) is 13.2 Å². The topological polar surface area (TPSA) is 76.1 Å². The van der Waals surface area contributed by atoms with Gasteiger partial charge in [0.1, 0.15) is 10.6 Å². The minimum Gasteiger partial charge on any atom is -0.495 e. The van der Waals surface area contributed by atoms with Crippen molar-refractivity contribution in [2.75, 3.05) is 51.9 Å². The van der Waals surface area contributed by atoms with E-state index in [0.29, 0.717) is 19.1 Å². The molecule has 0 spiro atoms. The Morgan fingerprint density at radius 2 is 2.00 bits per heavy atom. The van der Waals surface area contributed by atoms with Crippen LogP contribution in [0.15, 0.2) is 23.1 Å². The Morgan fingerprint density at radius 1 is 1.19 bits per heavy atom. The fourth-order valence-electron chi connectivity index (χ4n) is 3.59. The summed E-state index contributed by atoms with van der Waals surface area (Å²) in [5.74, 6) is 1.97. The SMILES string of the molecule is COC(=O)c1ccc(OC)c(S(=O)(=O)N2CCCN(C3CCSC3)CC2)c1. The number of ether oxygens (including phenoxy) is 2. The summed E-state index contributed by atoms with van der Waals surface area (Å²) in [6.07, 6.45) is 1.96. The highest BCUT2D eigenvalue weighted by atomic mass is 32.2. The van der Waals surface area contributed by atoms with Crippen molar-refractivity contribution < 1.29 is 22.7 Å². The van der Waals surface area contributed by atoms with Crippen LogP contribution in [0.5, 0.6) is 5.75 Å². The molecule has 0 radical (unpaired) electrons. The van der Waals surface area contributed by atoms with Crippen molar-refractivity contribution in [3.05, 3.63) is 23.8 Å². The number of nitrogens with zero attached hydrogens (tertiary/aromatic N) is 2. The first-order valence-corrected chi connectivity index (χ1v) is 11.6. The second kappa shape index (κ2) is 8.81. The molecular formula is C18H26N2O5S2. The average Bonchev–Trinajstić information content (AvgIpc) is 3.10. The molecule has 2 saturated heterocycles. The monoisotopic (exact) mass is 414 g/mol. The number of esters is 1. The molecule has 0 saturated carbocycles. The molecule has 27 heavy (non-hydrogen) atoms. The largest absolute Gasteiger partial charge is 0.495 e. The lowest BCUT2D eigenvalue weighted by atomic mass is 10.2. The van der Waals surface area contributed by atoms with Gasteiger partial charge < -0.3 is 9.47 Å². The van der Waals surface area contributed by atoms with Gasteiger partial charge in [0.15, 0.2) is 0 Å². The Kier molecular flexibility index (Phi) is 6.67. The summed E-state index contributed by atoms with van der Waals surface area (Å²) in [4.78, 5) is 14.3. The molecule has 0 amide bonds. The number of hydrogen-bond donors (Lipinski definition) is 0. The van der Waals surface area contributed by atoms with Crippen molar-refractivity contribution in [1.29, 1.82) is 0 Å². The molecule has 2 aliphatic rings. The lowest BCUT2D eigenvalue weighted by Crippen LogP contribution is -2.39. The van der Waals surface area contributed by atoms with E-state index in [-0.39, 0.29) is 16.2 Å². The van der Waals surface area contributed by atoms with Gasteiger partial charge in [0, 0.05) is 31.4 Å². The first-order valence-electron chi connectivity index (χ1n) is 9.05. The zero-order chi connectivity index (χ0) is 19.4. The van der Waals surface area contributed by atoms with E-state index in [1.165, 1.54) is 48.9 Å². The minimum absolute atomic E-state index is 0.0118. The van der Waals surface area contributed by atoms with Crippen molar-refractivity contribution in [2.24, 2.45) is 0 Å². The van der Waals surface area contributed by atoms with Gasteiger partial charge in [0.05, 0.1) is 19.8 Å². The molecule has 1 aromatic rings. The van der Waals surface area contributed by atoms with Gasteiger partial charge in [-0.3, -0.25) is 4.90 Å². The summed E-state index contributed by atoms with van der Waals surface area (Å²) in [5.41, 5.74) is 0.191. The summed E-state index contributed by atoms with van der Waals surface area (Å²) >= 11 is 1.96. The highest BCUT2D eigenvalue weighted by molar-refractivity contribution is 7.99. The fraction of sp³-hybridized carbons (Fsp3) is 0.611. The molecule has 1 atom stereocenters. The van der Waals surface area contributed by atoms with E-state index < -0.39 is 16.0 Å². The number of carbonyl (C=O) groups excluding carboxylic acids is 1. The molecule has 2 aliphatic heterocycles. The van der Waals surface area contributed by atoms with Gasteiger partial charge >= 0.3 is 5.97 Å². The molecule has 1 unspecified atom stereocenters. The number of methoxy groups -OCH3 is 2. The van der Waals surface area contributed by atoms with Crippen molar-refractivity contribution in [3.63, 3.8) is 0 Å². The number of hydrogen-bond acceptors (Lipinski definition) is 7. The van der Waals surface area contributed by atoms with Crippen molar-refractivity contribution >= 4 is 27.8 Å². The Hall–Kier alpha value is -1.29. The standard InChI is InChI=1S/C18H26N2O5S2/c1-24-16-5-4-14(18(21)25-2)12-17(16)27(22,23)20-8-3-7-19(9-10-20)15-6-11-26-13-15/h4-5,12,15H,3,6-11,13H2,1-2H3. The number of carbonyl (C=O) groups is 1. The lowest BCUT2D eigenvalue weighted by Gasteiger charge is -2.26. The first-order chi connectivity index (χ1) is 13.0. The van der Waals surface area contributed by atoms with E-state index in [1.54, 1.807) is 0 Å². The van der Waals surface area contributed by atoms with Crippen LogP contribution in [0.25, 0.3) is 0 Å². The predicted molar refractivity (Wildman–Crippen MR) is 105 cm³/mol. The average molecular weight is 415 g/mol. The van der Waals surface area contributed by atoms with Crippen molar-refractivity contribution in [2.45, 2.75) is 23.8 Å². The maximum Gasteiger partial charge on any atom is 0.337 e. The molecule has 9 heteroatoms. The minimum atomic E-state index is -3.77. The molecular weight excluding hydrogens is 388 g/mol. The number of thioether (sulfide) groups is 1. The van der Waals surface area contributed by atoms with Gasteiger partial charge in [-0.25, -0.2) is 13.2 Å². The molecule has 7 nitrogen and oxygen atoms in total. The highest BCUT2D eigenvalue weighted by Gasteiger charge is 2.32. The van der Waals surface area contributed by atoms with Crippen LogP contribution in [0.4, 0.5) is 0 Å². The second-order valence-corrected chi connectivity index (χ2v) is 9.72. The van der Waals surface area contributed by atoms with Gasteiger partial charge in [-0.05, 0) is 43.3 Å². The van der Waals surface area contributed by atoms with Crippen LogP contribution in [-0.4, -0.2) is 81.5 Å². The Balaban J connectivity index is 1.83. The van der Waals surface area contributed by atoms with Crippen LogP contribution < -0.4 is 4.74 Å². The normalized spacial score (nSPS) is 22.4. The molecule has 1 aromatic carbocycles. The van der Waals surface area contributed by atoms with Crippen LogP contribution in [-0.2, 0) is 14.8 Å². The number of sulfonamides is 1. The van der Waals surface area contributed by atoms with E-state index in [2.05, 4.69) is 4.90 Å². The Labute approximate surface area is 165 Å². The van der Waals surface area contributed by atoms with E-state index in [4.69, 9.17) is 9.47 Å². The molecule has 0 bridgehead atoms. The maximum absolute atomic E-state index is 13.3. The lowest BCUT2D eigenvalue weighted by molar-refractivity contribution is 0.0600. The van der Waals surface area contributed by atoms with Gasteiger partial charge in [-0.1, -0.05) is 0 Å². The van der Waals surface area contributed by atoms with Crippen molar-refractivity contribution in [1.82, 2.24) is 9.21 Å². The maximum atomic E-state index is 13.3. The third-order valence-corrected chi connectivity index (χ3v) is 8.18. The number of benzene rings is 1. The number of rotatable bonds is 5. The smallest absolute Gasteiger partial charge is 0.337 e. The summed E-state index contributed by atoms with van der Waals surface area (Å²) in [7, 11) is -1.08. The van der Waals surface area contributed by atoms with Gasteiger partial charge in [0.25, 0.3) is 0 Å². The van der Waals surface area contributed by atoms with Gasteiger partial charge in [0.2, 0.25) is 10.0 Å². The summed E-state index contributed by atoms with van der Waals surface area (Å²) < 4.78 is 38.0. The quantitative estimate of drug-likeness (QED) is 0.679. The Morgan fingerprint density at radius 3 is 2.67 bits per heavy atom. The van der Waals surface area contributed by atoms with Gasteiger partial charge in [-0.15, -0.1) is 0 Å². The molecule has 0 N–H and O–H groups in total. The molecule has 3 rings (SSSR count). The molecule has 2 fully saturated rings. The van der Waals surface area contributed by atoms with Crippen LogP contribution >= 0.6 is 11.8 Å². The zero-order valence-corrected chi connectivity index (χ0v) is 17.4. The van der Waals surface area contributed by atoms with Crippen molar-refractivity contribution in [3.8, 4) is 5.75 Å². The Bertz CT molecular complexity index is 778. The van der Waals surface area contributed by atoms with E-state index in [1.807, 2.05) is 11.8 Å². The zero-order valence-electron chi connectivity index (χ0n) is 15.7. The summed E-state index contributed by atoms with van der Waals surface area (Å²) in [6, 6.07) is 4.90. The molecule has 0 aliphatic carbocycles. The molecule has 0 aromatic heterocycles. The third kappa shape index (κ3) is 4.42. The summed E-state index contributed by atoms with van der Waals surface area (Å²) in [6.45, 7) is 2.54. The predicted octanol–water partition coefficient (Wildman–Crippen LogP) is 1.68. The summed E-state index contributed by atoms with van der Waals surface area (Å²) in [5, 5.41) is 0. The fourth-order valence-corrected chi connectivity index (χ4v) is 6.50. The van der Waals surface area contributed by atoms with E-state index >= 15 is 0 Å². The van der Waals surface area contributed by atoms with Crippen LogP contribution in [0, 0.1) is 0 Å². The van der Waals surface area contributed by atoms with Crippen LogP contribution in [0.1, 0.15) is 23.2 Å². The van der Waals surface area contributed by atoms with E-state index in [0.717, 1.165) is 25.3 Å². The first kappa shape index (κ1) is 20.4. The third-order valence-electron chi connectivity index (χ3n) is 5.11. The van der Waals surface area contributed by atoms with Gasteiger partial charge in [-0.2, -0.15) is 16.1 Å². The second-order valence-electron chi connectivity index (χ2n) is 6.67. The molecule has 150 valence electrons. The molecule has 2 heterocycles.